The molecule has 2 heterocycles. The second kappa shape index (κ2) is 10.8. The van der Waals surface area contributed by atoms with Crippen molar-refractivity contribution in [2.75, 3.05) is 19.8 Å². The molecule has 0 bridgehead atoms. The summed E-state index contributed by atoms with van der Waals surface area (Å²) in [4.78, 5) is 18.7. The molecule has 1 aromatic heterocycles. The lowest BCUT2D eigenvalue weighted by Crippen LogP contribution is -2.53. The van der Waals surface area contributed by atoms with Crippen LogP contribution < -0.4 is 4.72 Å². The van der Waals surface area contributed by atoms with Crippen molar-refractivity contribution in [1.82, 2.24) is 14.6 Å². The number of hydrogen-bond donors (Lipinski definition) is 2. The minimum absolute atomic E-state index is 0.0612. The summed E-state index contributed by atoms with van der Waals surface area (Å²) in [5.74, 6) is 0.462. The van der Waals surface area contributed by atoms with Crippen LogP contribution in [0.4, 0.5) is 0 Å². The molecule has 1 aliphatic carbocycles. The van der Waals surface area contributed by atoms with E-state index in [1.165, 1.54) is 0 Å². The number of fused-ring (bicyclic) bond motifs is 1. The van der Waals surface area contributed by atoms with Crippen molar-refractivity contribution in [3.63, 3.8) is 0 Å². The third kappa shape index (κ3) is 5.43. The van der Waals surface area contributed by atoms with Crippen molar-refractivity contribution in [3.05, 3.63) is 53.6 Å². The molecule has 1 amide bonds. The lowest BCUT2D eigenvalue weighted by Gasteiger charge is -2.41. The van der Waals surface area contributed by atoms with Gasteiger partial charge < -0.3 is 14.6 Å². The molecule has 5 rings (SSSR count). The zero-order valence-corrected chi connectivity index (χ0v) is 22.8. The molecule has 1 saturated heterocycles. The number of morpholine rings is 1. The smallest absolute Gasteiger partial charge is 0.240 e. The zero-order valence-electron chi connectivity index (χ0n) is 21.2. The van der Waals surface area contributed by atoms with Gasteiger partial charge in [0.25, 0.3) is 0 Å². The fourth-order valence-electron chi connectivity index (χ4n) is 5.54. The van der Waals surface area contributed by atoms with Crippen molar-refractivity contribution in [2.24, 2.45) is 11.8 Å². The Balaban J connectivity index is 1.25. The Morgan fingerprint density at radius 2 is 1.84 bits per heavy atom. The number of rotatable bonds is 6. The summed E-state index contributed by atoms with van der Waals surface area (Å²) in [5.41, 5.74) is 2.38. The first-order chi connectivity index (χ1) is 17.7. The number of nitrogens with one attached hydrogen (secondary N) is 2. The van der Waals surface area contributed by atoms with Crippen LogP contribution in [-0.2, 0) is 19.6 Å². The number of nitrogens with zero attached hydrogens (tertiary/aromatic N) is 1. The van der Waals surface area contributed by atoms with Gasteiger partial charge in [-0.2, -0.15) is 0 Å². The van der Waals surface area contributed by atoms with Crippen LogP contribution in [0.2, 0.25) is 5.02 Å². The molecule has 7 nitrogen and oxygen atoms in total. The molecule has 3 aromatic rings. The molecule has 1 atom stereocenters. The monoisotopic (exact) mass is 543 g/mol. The van der Waals surface area contributed by atoms with Crippen molar-refractivity contribution in [2.45, 2.75) is 56.5 Å². The molecule has 2 aromatic carbocycles. The van der Waals surface area contributed by atoms with E-state index in [0.717, 1.165) is 16.6 Å². The summed E-state index contributed by atoms with van der Waals surface area (Å²) in [6.07, 6.45) is 2.64. The van der Waals surface area contributed by atoms with Crippen molar-refractivity contribution >= 4 is 38.4 Å². The maximum atomic E-state index is 13.3. The number of halogens is 1. The highest BCUT2D eigenvalue weighted by Gasteiger charge is 2.36. The van der Waals surface area contributed by atoms with Crippen LogP contribution in [0.15, 0.2) is 53.4 Å². The van der Waals surface area contributed by atoms with Gasteiger partial charge in [0.15, 0.2) is 0 Å². The average molecular weight is 544 g/mol. The van der Waals surface area contributed by atoms with Crippen molar-refractivity contribution < 1.29 is 17.9 Å². The van der Waals surface area contributed by atoms with Crippen LogP contribution in [0, 0.1) is 11.8 Å². The van der Waals surface area contributed by atoms with E-state index < -0.39 is 10.0 Å². The summed E-state index contributed by atoms with van der Waals surface area (Å²) in [7, 11) is -3.72. The second-order valence-electron chi connectivity index (χ2n) is 10.5. The van der Waals surface area contributed by atoms with E-state index in [9.17, 15) is 13.2 Å². The average Bonchev–Trinajstić information content (AvgIpc) is 3.24. The predicted octanol–water partition coefficient (Wildman–Crippen LogP) is 5.21. The summed E-state index contributed by atoms with van der Waals surface area (Å²) < 4.78 is 35.0. The molecule has 0 radical (unpaired) electrons. The Hall–Kier alpha value is -2.39. The van der Waals surface area contributed by atoms with Crippen molar-refractivity contribution in [1.29, 1.82) is 0 Å². The van der Waals surface area contributed by atoms with E-state index in [0.29, 0.717) is 61.9 Å². The molecule has 1 saturated carbocycles. The molecular weight excluding hydrogens is 510 g/mol. The molecule has 0 unspecified atom stereocenters. The molecule has 9 heteroatoms. The number of H-pyrrole nitrogens is 1. The SMILES string of the molecule is CC(C)[C@H]1COCCN1C(=O)C1CCC(NS(=O)(=O)c2ccc3c(Cl)c(-c4ccccc4)[nH]c3c2)CC1. The molecule has 2 aliphatic rings. The predicted molar refractivity (Wildman–Crippen MR) is 146 cm³/mol. The van der Waals surface area contributed by atoms with Gasteiger partial charge in [0.2, 0.25) is 15.9 Å². The van der Waals surface area contributed by atoms with E-state index in [1.807, 2.05) is 35.2 Å². The number of hydrogen-bond acceptors (Lipinski definition) is 4. The summed E-state index contributed by atoms with van der Waals surface area (Å²) in [6.45, 7) is 6.03. The number of benzene rings is 2. The number of sulfonamides is 1. The Morgan fingerprint density at radius 3 is 2.54 bits per heavy atom. The van der Waals surface area contributed by atoms with Crippen LogP contribution in [0.3, 0.4) is 0 Å². The van der Waals surface area contributed by atoms with E-state index >= 15 is 0 Å². The Bertz CT molecular complexity index is 1360. The Morgan fingerprint density at radius 1 is 1.11 bits per heavy atom. The van der Waals surface area contributed by atoms with Crippen LogP contribution >= 0.6 is 11.6 Å². The van der Waals surface area contributed by atoms with Gasteiger partial charge in [-0.25, -0.2) is 13.1 Å². The summed E-state index contributed by atoms with van der Waals surface area (Å²) in [5, 5.41) is 1.35. The van der Waals surface area contributed by atoms with Crippen LogP contribution in [0.5, 0.6) is 0 Å². The number of carbonyl (C=O) groups is 1. The van der Waals surface area contributed by atoms with E-state index in [1.54, 1.807) is 18.2 Å². The highest BCUT2D eigenvalue weighted by molar-refractivity contribution is 7.89. The summed E-state index contributed by atoms with van der Waals surface area (Å²) >= 11 is 6.60. The third-order valence-corrected chi connectivity index (χ3v) is 9.61. The van der Waals surface area contributed by atoms with Crippen LogP contribution in [0.25, 0.3) is 22.2 Å². The lowest BCUT2D eigenvalue weighted by molar-refractivity contribution is -0.147. The number of carbonyl (C=O) groups excluding carboxylic acids is 1. The maximum Gasteiger partial charge on any atom is 0.240 e. The first-order valence-electron chi connectivity index (χ1n) is 13.0. The van der Waals surface area contributed by atoms with Gasteiger partial charge in [0.1, 0.15) is 0 Å². The van der Waals surface area contributed by atoms with Gasteiger partial charge in [-0.05, 0) is 55.4 Å². The Kier molecular flexibility index (Phi) is 7.63. The third-order valence-electron chi connectivity index (χ3n) is 7.70. The molecule has 2 fully saturated rings. The minimum Gasteiger partial charge on any atom is -0.377 e. The van der Waals surface area contributed by atoms with Gasteiger partial charge in [-0.15, -0.1) is 0 Å². The molecular formula is C28H34ClN3O4S. The number of aromatic amines is 1. The molecule has 1 aliphatic heterocycles. The van der Waals surface area contributed by atoms with Crippen molar-refractivity contribution in [3.8, 4) is 11.3 Å². The first-order valence-corrected chi connectivity index (χ1v) is 14.9. The topological polar surface area (TPSA) is 91.5 Å². The highest BCUT2D eigenvalue weighted by atomic mass is 35.5. The first kappa shape index (κ1) is 26.2. The molecule has 198 valence electrons. The van der Waals surface area contributed by atoms with Gasteiger partial charge in [-0.3, -0.25) is 4.79 Å². The molecule has 2 N–H and O–H groups in total. The second-order valence-corrected chi connectivity index (χ2v) is 12.6. The standard InChI is InChI=1S/C28H34ClN3O4S/c1-18(2)25-17-36-15-14-32(25)28(33)20-8-10-21(11-9-20)31-37(34,35)22-12-13-23-24(16-22)30-27(26(23)29)19-6-4-3-5-7-19/h3-7,12-13,16,18,20-21,25,30-31H,8-11,14-15,17H2,1-2H3/t20?,21?,25-/m1/s1. The lowest BCUT2D eigenvalue weighted by atomic mass is 9.85. The largest absolute Gasteiger partial charge is 0.377 e. The van der Waals surface area contributed by atoms with E-state index in [-0.39, 0.29) is 28.8 Å². The number of amides is 1. The molecule has 37 heavy (non-hydrogen) atoms. The molecule has 0 spiro atoms. The Labute approximate surface area is 223 Å². The van der Waals surface area contributed by atoms with Gasteiger partial charge in [0.05, 0.1) is 34.9 Å². The quantitative estimate of drug-likeness (QED) is 0.446. The summed E-state index contributed by atoms with van der Waals surface area (Å²) in [6, 6.07) is 14.6. The van der Waals surface area contributed by atoms with Gasteiger partial charge >= 0.3 is 0 Å². The van der Waals surface area contributed by atoms with Crippen LogP contribution in [0.1, 0.15) is 39.5 Å². The normalized spacial score (nSPS) is 23.0. The number of aromatic nitrogens is 1. The van der Waals surface area contributed by atoms with Crippen LogP contribution in [-0.4, -0.2) is 56.1 Å². The van der Waals surface area contributed by atoms with Gasteiger partial charge in [0, 0.05) is 29.4 Å². The maximum absolute atomic E-state index is 13.3. The van der Waals surface area contributed by atoms with E-state index in [2.05, 4.69) is 23.6 Å². The highest BCUT2D eigenvalue weighted by Crippen LogP contribution is 2.35. The number of ether oxygens (including phenoxy) is 1. The minimum atomic E-state index is -3.72. The van der Waals surface area contributed by atoms with Gasteiger partial charge in [-0.1, -0.05) is 55.8 Å². The fraction of sp³-hybridized carbons (Fsp3) is 0.464. The zero-order chi connectivity index (χ0) is 26.2. The van der Waals surface area contributed by atoms with E-state index in [4.69, 9.17) is 16.3 Å². The fourth-order valence-corrected chi connectivity index (χ4v) is 7.19.